The lowest BCUT2D eigenvalue weighted by atomic mass is 10.1. The lowest BCUT2D eigenvalue weighted by molar-refractivity contribution is 0.0731. The molecule has 23 heavy (non-hydrogen) atoms. The summed E-state index contributed by atoms with van der Waals surface area (Å²) in [6, 6.07) is 10.7. The van der Waals surface area contributed by atoms with E-state index in [9.17, 15) is 4.79 Å². The standard InChI is InChI=1S/C17H18N2O4/c1-21-15-8-3-7-14(16(15)22-2)17(20)19(10-5-9-18)12-13-6-4-11-23-13/h3-4,6-8,11H,5,10,12H2,1-2H3. The maximum atomic E-state index is 12.9. The van der Waals surface area contributed by atoms with Crippen molar-refractivity contribution in [1.82, 2.24) is 4.90 Å². The van der Waals surface area contributed by atoms with Gasteiger partial charge in [-0.1, -0.05) is 6.07 Å². The van der Waals surface area contributed by atoms with Gasteiger partial charge >= 0.3 is 0 Å². The smallest absolute Gasteiger partial charge is 0.258 e. The monoisotopic (exact) mass is 314 g/mol. The van der Waals surface area contributed by atoms with Gasteiger partial charge in [-0.2, -0.15) is 5.26 Å². The van der Waals surface area contributed by atoms with Gasteiger partial charge in [-0.05, 0) is 24.3 Å². The predicted octanol–water partition coefficient (Wildman–Crippen LogP) is 2.85. The Morgan fingerprint density at radius 1 is 1.26 bits per heavy atom. The Hall–Kier alpha value is -2.94. The second-order valence-corrected chi connectivity index (χ2v) is 4.76. The van der Waals surface area contributed by atoms with E-state index in [2.05, 4.69) is 6.07 Å². The van der Waals surface area contributed by atoms with E-state index in [0.29, 0.717) is 29.4 Å². The maximum absolute atomic E-state index is 12.9. The van der Waals surface area contributed by atoms with Crippen LogP contribution < -0.4 is 9.47 Å². The molecule has 0 spiro atoms. The Morgan fingerprint density at radius 3 is 2.70 bits per heavy atom. The van der Waals surface area contributed by atoms with Crippen LogP contribution in [0.25, 0.3) is 0 Å². The number of para-hydroxylation sites is 1. The van der Waals surface area contributed by atoms with Gasteiger partial charge in [0.05, 0.1) is 45.1 Å². The van der Waals surface area contributed by atoms with Crippen LogP contribution in [-0.2, 0) is 6.54 Å². The quantitative estimate of drug-likeness (QED) is 0.785. The molecule has 0 radical (unpaired) electrons. The van der Waals surface area contributed by atoms with Gasteiger partial charge in [0.1, 0.15) is 5.76 Å². The molecule has 0 saturated heterocycles. The molecule has 0 unspecified atom stereocenters. The van der Waals surface area contributed by atoms with Crippen molar-refractivity contribution in [2.75, 3.05) is 20.8 Å². The Bertz CT molecular complexity index is 689. The first-order valence-corrected chi connectivity index (χ1v) is 7.10. The minimum atomic E-state index is -0.243. The minimum Gasteiger partial charge on any atom is -0.493 e. The summed E-state index contributed by atoms with van der Waals surface area (Å²) in [5.41, 5.74) is 0.386. The second kappa shape index (κ2) is 7.90. The molecule has 0 aliphatic rings. The Labute approximate surface area is 134 Å². The molecule has 0 saturated carbocycles. The van der Waals surface area contributed by atoms with E-state index in [0.717, 1.165) is 0 Å². The summed E-state index contributed by atoms with van der Waals surface area (Å²) >= 11 is 0. The highest BCUT2D eigenvalue weighted by molar-refractivity contribution is 5.97. The van der Waals surface area contributed by atoms with Gasteiger partial charge in [-0.15, -0.1) is 0 Å². The van der Waals surface area contributed by atoms with Crippen LogP contribution in [0, 0.1) is 11.3 Å². The van der Waals surface area contributed by atoms with Gasteiger partial charge in [0.15, 0.2) is 11.5 Å². The highest BCUT2D eigenvalue weighted by atomic mass is 16.5. The summed E-state index contributed by atoms with van der Waals surface area (Å²) in [5, 5.41) is 8.82. The van der Waals surface area contributed by atoms with Crippen LogP contribution in [0.1, 0.15) is 22.5 Å². The van der Waals surface area contributed by atoms with Crippen molar-refractivity contribution in [1.29, 1.82) is 5.26 Å². The first kappa shape index (κ1) is 16.4. The van der Waals surface area contributed by atoms with Crippen LogP contribution in [0.5, 0.6) is 11.5 Å². The molecule has 0 aliphatic carbocycles. The van der Waals surface area contributed by atoms with Crippen molar-refractivity contribution < 1.29 is 18.7 Å². The molecule has 0 aliphatic heterocycles. The number of furan rings is 1. The molecule has 1 aromatic carbocycles. The molecule has 1 aromatic heterocycles. The average Bonchev–Trinajstić information content (AvgIpc) is 3.10. The molecule has 2 rings (SSSR count). The molecule has 6 heteroatoms. The lowest BCUT2D eigenvalue weighted by Crippen LogP contribution is -2.31. The third-order valence-corrected chi connectivity index (χ3v) is 3.34. The zero-order chi connectivity index (χ0) is 16.7. The lowest BCUT2D eigenvalue weighted by Gasteiger charge is -2.22. The maximum Gasteiger partial charge on any atom is 0.258 e. The zero-order valence-electron chi connectivity index (χ0n) is 13.1. The fraction of sp³-hybridized carbons (Fsp3) is 0.294. The van der Waals surface area contributed by atoms with Gasteiger partial charge in [-0.3, -0.25) is 4.79 Å². The fourth-order valence-electron chi connectivity index (χ4n) is 2.25. The van der Waals surface area contributed by atoms with Crippen LogP contribution in [0.15, 0.2) is 41.0 Å². The van der Waals surface area contributed by atoms with E-state index in [1.165, 1.54) is 14.2 Å². The average molecular weight is 314 g/mol. The van der Waals surface area contributed by atoms with Gasteiger partial charge in [0, 0.05) is 6.54 Å². The van der Waals surface area contributed by atoms with Crippen LogP contribution in [-0.4, -0.2) is 31.6 Å². The molecule has 0 bridgehead atoms. The third-order valence-electron chi connectivity index (χ3n) is 3.34. The van der Waals surface area contributed by atoms with Crippen molar-refractivity contribution in [3.63, 3.8) is 0 Å². The number of rotatable bonds is 7. The molecular formula is C17H18N2O4. The van der Waals surface area contributed by atoms with Gasteiger partial charge in [0.2, 0.25) is 0 Å². The third kappa shape index (κ3) is 3.83. The Morgan fingerprint density at radius 2 is 2.09 bits per heavy atom. The SMILES string of the molecule is COc1cccc(C(=O)N(CCC#N)Cc2ccco2)c1OC. The van der Waals surface area contributed by atoms with E-state index in [-0.39, 0.29) is 18.9 Å². The fourth-order valence-corrected chi connectivity index (χ4v) is 2.25. The van der Waals surface area contributed by atoms with E-state index in [1.807, 2.05) is 0 Å². The van der Waals surface area contributed by atoms with Gasteiger partial charge in [0.25, 0.3) is 5.91 Å². The predicted molar refractivity (Wildman–Crippen MR) is 83.2 cm³/mol. The summed E-state index contributed by atoms with van der Waals surface area (Å²) in [4.78, 5) is 14.4. The van der Waals surface area contributed by atoms with Crippen LogP contribution >= 0.6 is 0 Å². The molecule has 120 valence electrons. The normalized spacial score (nSPS) is 9.96. The first-order valence-electron chi connectivity index (χ1n) is 7.10. The van der Waals surface area contributed by atoms with Crippen LogP contribution in [0.4, 0.5) is 0 Å². The number of nitriles is 1. The molecule has 1 heterocycles. The van der Waals surface area contributed by atoms with E-state index in [4.69, 9.17) is 19.2 Å². The van der Waals surface area contributed by atoms with E-state index in [1.54, 1.807) is 41.5 Å². The number of carbonyl (C=O) groups excluding carboxylic acids is 1. The van der Waals surface area contributed by atoms with Gasteiger partial charge < -0.3 is 18.8 Å². The molecule has 0 N–H and O–H groups in total. The van der Waals surface area contributed by atoms with Crippen molar-refractivity contribution in [2.24, 2.45) is 0 Å². The minimum absolute atomic E-state index is 0.235. The molecule has 6 nitrogen and oxygen atoms in total. The van der Waals surface area contributed by atoms with Crippen molar-refractivity contribution in [3.8, 4) is 17.6 Å². The number of methoxy groups -OCH3 is 2. The summed E-state index contributed by atoms with van der Waals surface area (Å²) < 4.78 is 15.8. The molecule has 1 amide bonds. The van der Waals surface area contributed by atoms with E-state index < -0.39 is 0 Å². The summed E-state index contributed by atoms with van der Waals surface area (Å²) in [7, 11) is 3.00. The summed E-state index contributed by atoms with van der Waals surface area (Å²) in [5.74, 6) is 1.27. The highest BCUT2D eigenvalue weighted by Crippen LogP contribution is 2.31. The van der Waals surface area contributed by atoms with Crippen molar-refractivity contribution >= 4 is 5.91 Å². The number of hydrogen-bond acceptors (Lipinski definition) is 5. The molecule has 2 aromatic rings. The topological polar surface area (TPSA) is 75.7 Å². The van der Waals surface area contributed by atoms with Gasteiger partial charge in [-0.25, -0.2) is 0 Å². The van der Waals surface area contributed by atoms with Crippen molar-refractivity contribution in [2.45, 2.75) is 13.0 Å². The highest BCUT2D eigenvalue weighted by Gasteiger charge is 2.22. The second-order valence-electron chi connectivity index (χ2n) is 4.76. The molecule has 0 fully saturated rings. The van der Waals surface area contributed by atoms with Crippen molar-refractivity contribution in [3.05, 3.63) is 47.9 Å². The number of benzene rings is 1. The Balaban J connectivity index is 2.31. The number of hydrogen-bond donors (Lipinski definition) is 0. The van der Waals surface area contributed by atoms with E-state index >= 15 is 0 Å². The Kier molecular flexibility index (Phi) is 5.64. The molecular weight excluding hydrogens is 296 g/mol. The summed E-state index contributed by atoms with van der Waals surface area (Å²) in [6.45, 7) is 0.588. The number of carbonyl (C=O) groups is 1. The summed E-state index contributed by atoms with van der Waals surface area (Å²) in [6.07, 6.45) is 1.78. The largest absolute Gasteiger partial charge is 0.493 e. The number of nitrogens with zero attached hydrogens (tertiary/aromatic N) is 2. The van der Waals surface area contributed by atoms with Crippen LogP contribution in [0.2, 0.25) is 0 Å². The zero-order valence-corrected chi connectivity index (χ0v) is 13.1. The first-order chi connectivity index (χ1) is 11.2. The number of ether oxygens (including phenoxy) is 2. The molecule has 0 atom stereocenters. The van der Waals surface area contributed by atoms with Crippen LogP contribution in [0.3, 0.4) is 0 Å². The number of amides is 1.